The molecule has 0 saturated carbocycles. The maximum Gasteiger partial charge on any atom is 0.255 e. The largest absolute Gasteiger partial charge is 0.358 e. The maximum absolute atomic E-state index is 13.7. The minimum Gasteiger partial charge on any atom is -0.358 e. The van der Waals surface area contributed by atoms with Crippen molar-refractivity contribution in [1.29, 1.82) is 0 Å². The number of hydrogen-bond donors (Lipinski definition) is 0. The summed E-state index contributed by atoms with van der Waals surface area (Å²) in [4.78, 5) is 15.0. The summed E-state index contributed by atoms with van der Waals surface area (Å²) in [6, 6.07) is 8.57. The summed E-state index contributed by atoms with van der Waals surface area (Å²) >= 11 is 12.2. The van der Waals surface area contributed by atoms with E-state index in [1.807, 2.05) is 32.9 Å². The predicted octanol–water partition coefficient (Wildman–Crippen LogP) is 4.57. The molecule has 2 aromatic rings. The van der Waals surface area contributed by atoms with Gasteiger partial charge < -0.3 is 9.64 Å². The van der Waals surface area contributed by atoms with Crippen LogP contribution in [0.3, 0.4) is 0 Å². The Labute approximate surface area is 199 Å². The minimum absolute atomic E-state index is 0.218. The number of hydrogen-bond acceptors (Lipinski definition) is 4. The molecule has 0 aromatic heterocycles. The number of amides is 1. The first kappa shape index (κ1) is 23.5. The zero-order chi connectivity index (χ0) is 23.3. The van der Waals surface area contributed by atoms with Gasteiger partial charge in [0.1, 0.15) is 5.72 Å². The highest BCUT2D eigenvalue weighted by Crippen LogP contribution is 2.40. The number of benzene rings is 2. The van der Waals surface area contributed by atoms with Crippen molar-refractivity contribution in [2.75, 3.05) is 26.2 Å². The average molecular weight is 497 g/mol. The highest BCUT2D eigenvalue weighted by molar-refractivity contribution is 7.89. The van der Waals surface area contributed by atoms with Crippen molar-refractivity contribution < 1.29 is 17.9 Å². The Balaban J connectivity index is 1.58. The van der Waals surface area contributed by atoms with Crippen LogP contribution in [0, 0.1) is 20.8 Å². The summed E-state index contributed by atoms with van der Waals surface area (Å²) in [5.41, 5.74) is 1.88. The number of aryl methyl sites for hydroxylation is 3. The van der Waals surface area contributed by atoms with Gasteiger partial charge in [-0.3, -0.25) is 4.79 Å². The molecule has 4 rings (SSSR count). The molecule has 2 fully saturated rings. The van der Waals surface area contributed by atoms with Gasteiger partial charge in [-0.1, -0.05) is 40.9 Å². The lowest BCUT2D eigenvalue weighted by Crippen LogP contribution is -2.55. The van der Waals surface area contributed by atoms with Crippen LogP contribution in [0.4, 0.5) is 0 Å². The number of rotatable bonds is 3. The van der Waals surface area contributed by atoms with Gasteiger partial charge in [0.15, 0.2) is 0 Å². The van der Waals surface area contributed by atoms with E-state index in [0.717, 1.165) is 16.7 Å². The molecule has 1 amide bonds. The van der Waals surface area contributed by atoms with Crippen LogP contribution in [-0.2, 0) is 14.8 Å². The summed E-state index contributed by atoms with van der Waals surface area (Å²) in [5, 5.41) is 0.776. The highest BCUT2D eigenvalue weighted by Gasteiger charge is 2.51. The third kappa shape index (κ3) is 4.05. The molecule has 2 saturated heterocycles. The van der Waals surface area contributed by atoms with E-state index in [1.165, 1.54) is 4.31 Å². The highest BCUT2D eigenvalue weighted by atomic mass is 35.5. The molecule has 0 bridgehead atoms. The van der Waals surface area contributed by atoms with E-state index >= 15 is 0 Å². The molecule has 9 heteroatoms. The van der Waals surface area contributed by atoms with Crippen LogP contribution >= 0.6 is 23.2 Å². The van der Waals surface area contributed by atoms with Crippen LogP contribution in [0.15, 0.2) is 35.2 Å². The molecular weight excluding hydrogens is 471 g/mol. The summed E-state index contributed by atoms with van der Waals surface area (Å²) in [6.07, 6.45) is 0.778. The van der Waals surface area contributed by atoms with Gasteiger partial charge in [0.05, 0.1) is 22.1 Å². The number of nitrogens with zero attached hydrogens (tertiary/aromatic N) is 2. The van der Waals surface area contributed by atoms with E-state index in [-0.39, 0.29) is 5.91 Å². The number of piperidine rings is 1. The lowest BCUT2D eigenvalue weighted by molar-refractivity contribution is -0.0857. The van der Waals surface area contributed by atoms with E-state index < -0.39 is 15.7 Å². The number of halogens is 2. The fourth-order valence-electron chi connectivity index (χ4n) is 4.90. The molecule has 2 heterocycles. The zero-order valence-corrected chi connectivity index (χ0v) is 20.6. The van der Waals surface area contributed by atoms with E-state index in [0.29, 0.717) is 59.6 Å². The Morgan fingerprint density at radius 1 is 1.00 bits per heavy atom. The first-order valence-corrected chi connectivity index (χ1v) is 12.7. The maximum atomic E-state index is 13.7. The van der Waals surface area contributed by atoms with E-state index in [1.54, 1.807) is 23.1 Å². The average Bonchev–Trinajstić information content (AvgIpc) is 3.13. The van der Waals surface area contributed by atoms with E-state index in [9.17, 15) is 13.2 Å². The third-order valence-electron chi connectivity index (χ3n) is 6.26. The number of carbonyl (C=O) groups excluding carboxylic acids is 1. The molecule has 2 aliphatic rings. The van der Waals surface area contributed by atoms with Crippen molar-refractivity contribution in [2.45, 2.75) is 44.2 Å². The van der Waals surface area contributed by atoms with Crippen LogP contribution in [0.5, 0.6) is 0 Å². The Kier molecular flexibility index (Phi) is 6.33. The number of ether oxygens (including phenoxy) is 1. The molecule has 32 heavy (non-hydrogen) atoms. The van der Waals surface area contributed by atoms with Crippen molar-refractivity contribution in [3.05, 3.63) is 62.6 Å². The van der Waals surface area contributed by atoms with E-state index in [2.05, 4.69) is 0 Å². The lowest BCUT2D eigenvalue weighted by atomic mass is 10.00. The number of sulfonamides is 1. The van der Waals surface area contributed by atoms with Gasteiger partial charge in [0, 0.05) is 37.5 Å². The second-order valence-corrected chi connectivity index (χ2v) is 11.2. The Bertz CT molecular complexity index is 1150. The first-order valence-electron chi connectivity index (χ1n) is 10.5. The van der Waals surface area contributed by atoms with Crippen LogP contribution in [0.1, 0.15) is 39.9 Å². The normalized spacial score (nSPS) is 19.0. The van der Waals surface area contributed by atoms with Crippen LogP contribution in [-0.4, -0.2) is 55.5 Å². The monoisotopic (exact) mass is 496 g/mol. The van der Waals surface area contributed by atoms with Gasteiger partial charge in [-0.15, -0.1) is 0 Å². The van der Waals surface area contributed by atoms with Gasteiger partial charge in [-0.2, -0.15) is 4.31 Å². The molecule has 2 aromatic carbocycles. The Hall–Kier alpha value is -1.64. The molecule has 172 valence electrons. The second kappa shape index (κ2) is 8.61. The van der Waals surface area contributed by atoms with Crippen molar-refractivity contribution >= 4 is 39.1 Å². The van der Waals surface area contributed by atoms with Gasteiger partial charge in [0.2, 0.25) is 10.0 Å². The molecule has 6 nitrogen and oxygen atoms in total. The van der Waals surface area contributed by atoms with Crippen molar-refractivity contribution in [3.63, 3.8) is 0 Å². The Morgan fingerprint density at radius 2 is 1.62 bits per heavy atom. The summed E-state index contributed by atoms with van der Waals surface area (Å²) in [7, 11) is -3.76. The number of carbonyl (C=O) groups is 1. The van der Waals surface area contributed by atoms with Gasteiger partial charge in [-0.05, 0) is 50.1 Å². The third-order valence-corrected chi connectivity index (χ3v) is 9.08. The van der Waals surface area contributed by atoms with Gasteiger partial charge in [0.25, 0.3) is 5.91 Å². The standard InChI is InChI=1S/C23H26Cl2N2O4S/c1-15-12-16(2)21(17(3)13-15)32(29,30)27-10-11-31-23(27)6-8-26(9-7-23)22(28)19-14-18(24)4-5-20(19)25/h4-5,12-14H,6-11H2,1-3H3. The van der Waals surface area contributed by atoms with Gasteiger partial charge >= 0.3 is 0 Å². The fourth-order valence-corrected chi connectivity index (χ4v) is 7.41. The first-order chi connectivity index (χ1) is 15.0. The van der Waals surface area contributed by atoms with Crippen molar-refractivity contribution in [1.82, 2.24) is 9.21 Å². The second-order valence-electron chi connectivity index (χ2n) is 8.52. The van der Waals surface area contributed by atoms with Crippen LogP contribution in [0.2, 0.25) is 10.0 Å². The van der Waals surface area contributed by atoms with E-state index in [4.69, 9.17) is 27.9 Å². The van der Waals surface area contributed by atoms with Gasteiger partial charge in [-0.25, -0.2) is 8.42 Å². The van der Waals surface area contributed by atoms with Crippen molar-refractivity contribution in [3.8, 4) is 0 Å². The smallest absolute Gasteiger partial charge is 0.255 e. The molecule has 0 radical (unpaired) electrons. The quantitative estimate of drug-likeness (QED) is 0.623. The molecular formula is C23H26Cl2N2O4S. The molecule has 2 aliphatic heterocycles. The summed E-state index contributed by atoms with van der Waals surface area (Å²) in [6.45, 7) is 6.95. The van der Waals surface area contributed by atoms with Crippen LogP contribution in [0.25, 0.3) is 0 Å². The SMILES string of the molecule is Cc1cc(C)c(S(=O)(=O)N2CCOC23CCN(C(=O)c2cc(Cl)ccc2Cl)CC3)c(C)c1. The fraction of sp³-hybridized carbons (Fsp3) is 0.435. The molecule has 1 spiro atoms. The van der Waals surface area contributed by atoms with Crippen LogP contribution < -0.4 is 0 Å². The number of likely N-dealkylation sites (tertiary alicyclic amines) is 1. The summed E-state index contributed by atoms with van der Waals surface area (Å²) < 4.78 is 35.0. The topological polar surface area (TPSA) is 66.9 Å². The minimum atomic E-state index is -3.76. The molecule has 0 unspecified atom stereocenters. The summed E-state index contributed by atoms with van der Waals surface area (Å²) in [5.74, 6) is -0.218. The molecule has 0 aliphatic carbocycles. The molecule has 0 N–H and O–H groups in total. The van der Waals surface area contributed by atoms with Crippen molar-refractivity contribution in [2.24, 2.45) is 0 Å². The molecule has 0 atom stereocenters. The Morgan fingerprint density at radius 3 is 2.25 bits per heavy atom. The predicted molar refractivity (Wildman–Crippen MR) is 125 cm³/mol. The zero-order valence-electron chi connectivity index (χ0n) is 18.3. The lowest BCUT2D eigenvalue weighted by Gasteiger charge is -2.43.